The molecule has 6 heteroatoms. The SMILES string of the molecule is COc1cc2c(C)c(C#N)c(SC)nc2cc1CC(=O)O. The van der Waals surface area contributed by atoms with Crippen molar-refractivity contribution < 1.29 is 14.6 Å². The molecule has 2 rings (SSSR count). The van der Waals surface area contributed by atoms with E-state index in [2.05, 4.69) is 11.1 Å². The standard InChI is InChI=1S/C15H14N2O3S/c1-8-10-6-13(20-2)9(5-14(18)19)4-12(10)17-15(21-3)11(8)7-16/h4,6H,5H2,1-3H3,(H,18,19). The van der Waals surface area contributed by atoms with Gasteiger partial charge in [-0.05, 0) is 30.9 Å². The average molecular weight is 302 g/mol. The second-order valence-corrected chi connectivity index (χ2v) is 5.28. The summed E-state index contributed by atoms with van der Waals surface area (Å²) in [4.78, 5) is 15.4. The fourth-order valence-electron chi connectivity index (χ4n) is 2.24. The van der Waals surface area contributed by atoms with Gasteiger partial charge in [0.05, 0.1) is 24.6 Å². The van der Waals surface area contributed by atoms with E-state index in [-0.39, 0.29) is 6.42 Å². The highest BCUT2D eigenvalue weighted by Gasteiger charge is 2.15. The number of aliphatic carboxylic acids is 1. The number of ether oxygens (including phenoxy) is 1. The number of carbonyl (C=O) groups is 1. The molecule has 0 amide bonds. The van der Waals surface area contributed by atoms with Crippen LogP contribution in [0.5, 0.6) is 5.75 Å². The summed E-state index contributed by atoms with van der Waals surface area (Å²) in [6.07, 6.45) is 1.73. The number of hydrogen-bond acceptors (Lipinski definition) is 5. The fourth-order valence-corrected chi connectivity index (χ4v) is 2.83. The van der Waals surface area contributed by atoms with Gasteiger partial charge < -0.3 is 9.84 Å². The Morgan fingerprint density at radius 1 is 1.52 bits per heavy atom. The summed E-state index contributed by atoms with van der Waals surface area (Å²) in [5, 5.41) is 19.7. The quantitative estimate of drug-likeness (QED) is 0.874. The van der Waals surface area contributed by atoms with Gasteiger partial charge in [0, 0.05) is 10.9 Å². The van der Waals surface area contributed by atoms with Crippen molar-refractivity contribution in [3.63, 3.8) is 0 Å². The smallest absolute Gasteiger partial charge is 0.307 e. The highest BCUT2D eigenvalue weighted by Crippen LogP contribution is 2.32. The van der Waals surface area contributed by atoms with Crippen LogP contribution in [0.25, 0.3) is 10.9 Å². The molecule has 5 nitrogen and oxygen atoms in total. The number of fused-ring (bicyclic) bond motifs is 1. The fraction of sp³-hybridized carbons (Fsp3) is 0.267. The Morgan fingerprint density at radius 2 is 2.24 bits per heavy atom. The maximum atomic E-state index is 10.9. The molecule has 0 radical (unpaired) electrons. The van der Waals surface area contributed by atoms with Crippen LogP contribution in [0.1, 0.15) is 16.7 Å². The Balaban J connectivity index is 2.78. The highest BCUT2D eigenvalue weighted by molar-refractivity contribution is 7.98. The van der Waals surface area contributed by atoms with E-state index in [0.717, 1.165) is 10.9 Å². The van der Waals surface area contributed by atoms with Crippen molar-refractivity contribution in [1.82, 2.24) is 4.98 Å². The van der Waals surface area contributed by atoms with E-state index in [9.17, 15) is 10.1 Å². The molecule has 1 aromatic heterocycles. The van der Waals surface area contributed by atoms with Crippen molar-refractivity contribution in [2.24, 2.45) is 0 Å². The van der Waals surface area contributed by atoms with E-state index in [1.807, 2.05) is 13.2 Å². The third-order valence-corrected chi connectivity index (χ3v) is 3.94. The molecule has 21 heavy (non-hydrogen) atoms. The normalized spacial score (nSPS) is 10.4. The molecule has 0 aliphatic rings. The largest absolute Gasteiger partial charge is 0.496 e. The zero-order valence-electron chi connectivity index (χ0n) is 11.9. The Kier molecular flexibility index (Phi) is 4.34. The van der Waals surface area contributed by atoms with Crippen LogP contribution in [-0.2, 0) is 11.2 Å². The molecular formula is C15H14N2O3S. The minimum Gasteiger partial charge on any atom is -0.496 e. The number of pyridine rings is 1. The number of aryl methyl sites for hydroxylation is 1. The number of methoxy groups -OCH3 is 1. The van der Waals surface area contributed by atoms with Crippen molar-refractivity contribution in [2.45, 2.75) is 18.4 Å². The molecule has 0 aliphatic heterocycles. The van der Waals surface area contributed by atoms with Crippen LogP contribution in [0, 0.1) is 18.3 Å². The Bertz CT molecular complexity index is 766. The van der Waals surface area contributed by atoms with E-state index in [0.29, 0.717) is 27.4 Å². The summed E-state index contributed by atoms with van der Waals surface area (Å²) in [6.45, 7) is 1.86. The average Bonchev–Trinajstić information content (AvgIpc) is 2.45. The maximum Gasteiger partial charge on any atom is 0.307 e. The summed E-state index contributed by atoms with van der Waals surface area (Å²) in [6, 6.07) is 5.64. The number of rotatable bonds is 4. The lowest BCUT2D eigenvalue weighted by molar-refractivity contribution is -0.136. The number of nitrogens with zero attached hydrogens (tertiary/aromatic N) is 2. The van der Waals surface area contributed by atoms with Crippen LogP contribution in [0.3, 0.4) is 0 Å². The zero-order chi connectivity index (χ0) is 15.6. The molecular weight excluding hydrogens is 288 g/mol. The number of benzene rings is 1. The topological polar surface area (TPSA) is 83.2 Å². The number of hydrogen-bond donors (Lipinski definition) is 1. The van der Waals surface area contributed by atoms with Crippen molar-refractivity contribution in [2.75, 3.05) is 13.4 Å². The first kappa shape index (κ1) is 15.1. The van der Waals surface area contributed by atoms with Gasteiger partial charge in [-0.1, -0.05) is 0 Å². The third-order valence-electron chi connectivity index (χ3n) is 3.26. The monoisotopic (exact) mass is 302 g/mol. The van der Waals surface area contributed by atoms with E-state index >= 15 is 0 Å². The second-order valence-electron chi connectivity index (χ2n) is 4.48. The summed E-state index contributed by atoms with van der Waals surface area (Å²) in [7, 11) is 1.50. The maximum absolute atomic E-state index is 10.9. The summed E-state index contributed by atoms with van der Waals surface area (Å²) >= 11 is 1.40. The lowest BCUT2D eigenvalue weighted by Crippen LogP contribution is -2.03. The van der Waals surface area contributed by atoms with Gasteiger partial charge in [-0.2, -0.15) is 5.26 Å². The van der Waals surface area contributed by atoms with Crippen LogP contribution in [0.15, 0.2) is 17.2 Å². The first-order valence-corrected chi connectivity index (χ1v) is 7.41. The van der Waals surface area contributed by atoms with Gasteiger partial charge in [0.1, 0.15) is 16.8 Å². The first-order chi connectivity index (χ1) is 10.0. The van der Waals surface area contributed by atoms with Crippen molar-refractivity contribution in [1.29, 1.82) is 5.26 Å². The number of aromatic nitrogens is 1. The minimum atomic E-state index is -0.928. The van der Waals surface area contributed by atoms with E-state index in [1.165, 1.54) is 18.9 Å². The van der Waals surface area contributed by atoms with Crippen molar-refractivity contribution >= 4 is 28.6 Å². The number of nitriles is 1. The van der Waals surface area contributed by atoms with Crippen molar-refractivity contribution in [3.8, 4) is 11.8 Å². The molecule has 0 saturated carbocycles. The predicted octanol–water partition coefficient (Wildman–Crippen LogP) is 2.77. The van der Waals surface area contributed by atoms with Gasteiger partial charge in [-0.25, -0.2) is 4.98 Å². The minimum absolute atomic E-state index is 0.131. The molecule has 0 saturated heterocycles. The van der Waals surface area contributed by atoms with Gasteiger partial charge >= 0.3 is 5.97 Å². The second kappa shape index (κ2) is 6.02. The van der Waals surface area contributed by atoms with Gasteiger partial charge in [-0.3, -0.25) is 4.79 Å². The van der Waals surface area contributed by atoms with Crippen LogP contribution in [-0.4, -0.2) is 29.4 Å². The predicted molar refractivity (Wildman–Crippen MR) is 80.9 cm³/mol. The molecule has 0 fully saturated rings. The summed E-state index contributed by atoms with van der Waals surface area (Å²) < 4.78 is 5.26. The zero-order valence-corrected chi connectivity index (χ0v) is 12.7. The first-order valence-electron chi connectivity index (χ1n) is 6.19. The number of carboxylic acids is 1. The van der Waals surface area contributed by atoms with E-state index < -0.39 is 5.97 Å². The Hall–Kier alpha value is -2.26. The summed E-state index contributed by atoms with van der Waals surface area (Å²) in [5.41, 5.74) is 2.61. The molecule has 2 aromatic rings. The molecule has 0 aliphatic carbocycles. The van der Waals surface area contributed by atoms with Gasteiger partial charge in [0.2, 0.25) is 0 Å². The van der Waals surface area contributed by atoms with E-state index in [4.69, 9.17) is 9.84 Å². The molecule has 0 atom stereocenters. The third kappa shape index (κ3) is 2.78. The molecule has 1 aromatic carbocycles. The van der Waals surface area contributed by atoms with Gasteiger partial charge in [0.25, 0.3) is 0 Å². The van der Waals surface area contributed by atoms with Crippen LogP contribution in [0.4, 0.5) is 0 Å². The Morgan fingerprint density at radius 3 is 2.76 bits per heavy atom. The van der Waals surface area contributed by atoms with Gasteiger partial charge in [0.15, 0.2) is 0 Å². The molecule has 1 heterocycles. The van der Waals surface area contributed by atoms with Crippen LogP contribution >= 0.6 is 11.8 Å². The van der Waals surface area contributed by atoms with Crippen LogP contribution in [0.2, 0.25) is 0 Å². The van der Waals surface area contributed by atoms with Crippen molar-refractivity contribution in [3.05, 3.63) is 28.8 Å². The highest BCUT2D eigenvalue weighted by atomic mass is 32.2. The molecule has 0 spiro atoms. The number of carboxylic acid groups (broad SMARTS) is 1. The van der Waals surface area contributed by atoms with E-state index in [1.54, 1.807) is 12.1 Å². The molecule has 1 N–H and O–H groups in total. The number of thioether (sulfide) groups is 1. The molecule has 0 unspecified atom stereocenters. The van der Waals surface area contributed by atoms with Gasteiger partial charge in [-0.15, -0.1) is 11.8 Å². The Labute approximate surface area is 126 Å². The van der Waals surface area contributed by atoms with Crippen LogP contribution < -0.4 is 4.74 Å². The summed E-state index contributed by atoms with van der Waals surface area (Å²) in [5.74, 6) is -0.432. The lowest BCUT2D eigenvalue weighted by atomic mass is 10.0. The molecule has 108 valence electrons. The lowest BCUT2D eigenvalue weighted by Gasteiger charge is -2.12. The molecule has 0 bridgehead atoms.